The second-order valence-corrected chi connectivity index (χ2v) is 8.97. The van der Waals surface area contributed by atoms with Gasteiger partial charge in [-0.05, 0) is 30.9 Å². The van der Waals surface area contributed by atoms with Crippen LogP contribution in [0.5, 0.6) is 11.5 Å². The second-order valence-electron chi connectivity index (χ2n) is 8.97. The van der Waals surface area contributed by atoms with E-state index in [1.165, 1.54) is 29.6 Å². The van der Waals surface area contributed by atoms with Crippen molar-refractivity contribution in [2.45, 2.75) is 26.1 Å². The standard InChI is InChI=1S/C23H26F3N7O3/c1-14(34)27-13-15-6-8-32(9-7-15)21-18-19(35-11-10-31(18)2)22-29-28-20(33(22)30-21)16-4-3-5-17(12-16)36-23(24,25)26/h3-5,12,15H,6-11,13H2,1-2H3,(H,27,34). The molecule has 0 aliphatic carbocycles. The summed E-state index contributed by atoms with van der Waals surface area (Å²) in [5.74, 6) is 1.49. The molecule has 1 amide bonds. The van der Waals surface area contributed by atoms with Crippen molar-refractivity contribution in [3.63, 3.8) is 0 Å². The van der Waals surface area contributed by atoms with Crippen molar-refractivity contribution in [2.75, 3.05) is 49.6 Å². The minimum absolute atomic E-state index is 0.0396. The fourth-order valence-corrected chi connectivity index (χ4v) is 4.60. The van der Waals surface area contributed by atoms with Gasteiger partial charge in [0.05, 0.1) is 6.54 Å². The molecule has 0 atom stereocenters. The lowest BCUT2D eigenvalue weighted by molar-refractivity contribution is -0.274. The highest BCUT2D eigenvalue weighted by Gasteiger charge is 2.33. The molecular weight excluding hydrogens is 479 g/mol. The number of alkyl halides is 3. The first-order chi connectivity index (χ1) is 17.2. The highest BCUT2D eigenvalue weighted by atomic mass is 19.4. The van der Waals surface area contributed by atoms with Gasteiger partial charge >= 0.3 is 6.36 Å². The molecule has 5 rings (SSSR count). The number of nitrogens with zero attached hydrogens (tertiary/aromatic N) is 6. The zero-order chi connectivity index (χ0) is 25.4. The van der Waals surface area contributed by atoms with Crippen molar-refractivity contribution in [2.24, 2.45) is 5.92 Å². The number of hydrogen-bond acceptors (Lipinski definition) is 8. The predicted octanol–water partition coefficient (Wildman–Crippen LogP) is 2.87. The van der Waals surface area contributed by atoms with E-state index in [0.717, 1.165) is 31.6 Å². The van der Waals surface area contributed by atoms with Crippen LogP contribution in [0, 0.1) is 5.92 Å². The largest absolute Gasteiger partial charge is 0.573 e. The van der Waals surface area contributed by atoms with Gasteiger partial charge in [0.1, 0.15) is 18.0 Å². The third-order valence-corrected chi connectivity index (χ3v) is 6.40. The van der Waals surface area contributed by atoms with Gasteiger partial charge in [0.15, 0.2) is 17.4 Å². The Morgan fingerprint density at radius 1 is 1.22 bits per heavy atom. The second kappa shape index (κ2) is 9.36. The zero-order valence-electron chi connectivity index (χ0n) is 19.9. The van der Waals surface area contributed by atoms with E-state index < -0.39 is 6.36 Å². The van der Waals surface area contributed by atoms with Crippen molar-refractivity contribution in [1.29, 1.82) is 0 Å². The van der Waals surface area contributed by atoms with Gasteiger partial charge in [-0.2, -0.15) is 4.52 Å². The van der Waals surface area contributed by atoms with Crippen LogP contribution in [0.3, 0.4) is 0 Å². The molecule has 2 aromatic heterocycles. The molecule has 192 valence electrons. The molecule has 10 nitrogen and oxygen atoms in total. The van der Waals surface area contributed by atoms with Crippen LogP contribution < -0.4 is 24.6 Å². The number of aromatic nitrogens is 4. The molecule has 3 aromatic rings. The number of nitrogens with one attached hydrogen (secondary N) is 1. The first kappa shape index (κ1) is 23.9. The molecule has 2 aliphatic heterocycles. The first-order valence-corrected chi connectivity index (χ1v) is 11.7. The number of carbonyl (C=O) groups excluding carboxylic acids is 1. The summed E-state index contributed by atoms with van der Waals surface area (Å²) in [7, 11) is 1.96. The molecule has 0 unspecified atom stereocenters. The first-order valence-electron chi connectivity index (χ1n) is 11.7. The van der Waals surface area contributed by atoms with Crippen LogP contribution in [0.4, 0.5) is 24.7 Å². The molecule has 4 heterocycles. The van der Waals surface area contributed by atoms with E-state index in [1.54, 1.807) is 6.07 Å². The van der Waals surface area contributed by atoms with Gasteiger partial charge in [-0.3, -0.25) is 4.79 Å². The average molecular weight is 506 g/mol. The summed E-state index contributed by atoms with van der Waals surface area (Å²) in [4.78, 5) is 15.5. The van der Waals surface area contributed by atoms with Gasteiger partial charge in [-0.15, -0.1) is 28.5 Å². The zero-order valence-corrected chi connectivity index (χ0v) is 19.9. The Balaban J connectivity index is 1.52. The predicted molar refractivity (Wildman–Crippen MR) is 125 cm³/mol. The Kier molecular flexibility index (Phi) is 6.22. The van der Waals surface area contributed by atoms with E-state index in [-0.39, 0.29) is 17.5 Å². The minimum atomic E-state index is -4.81. The van der Waals surface area contributed by atoms with Crippen LogP contribution in [0.25, 0.3) is 17.0 Å². The lowest BCUT2D eigenvalue weighted by Crippen LogP contribution is -2.40. The quantitative estimate of drug-likeness (QED) is 0.566. The Bertz CT molecular complexity index is 1270. The molecule has 0 saturated carbocycles. The van der Waals surface area contributed by atoms with Gasteiger partial charge < -0.3 is 24.6 Å². The number of piperidine rings is 1. The van der Waals surface area contributed by atoms with Gasteiger partial charge in [-0.1, -0.05) is 12.1 Å². The third-order valence-electron chi connectivity index (χ3n) is 6.40. The number of benzene rings is 1. The van der Waals surface area contributed by atoms with E-state index in [9.17, 15) is 18.0 Å². The van der Waals surface area contributed by atoms with Crippen LogP contribution in [0.2, 0.25) is 0 Å². The molecule has 2 aliphatic rings. The normalized spacial score (nSPS) is 16.6. The highest BCUT2D eigenvalue weighted by molar-refractivity contribution is 5.82. The maximum Gasteiger partial charge on any atom is 0.573 e. The number of amides is 1. The number of halogens is 3. The van der Waals surface area contributed by atoms with Crippen molar-refractivity contribution in [1.82, 2.24) is 25.1 Å². The molecule has 1 N–H and O–H groups in total. The number of hydrogen-bond donors (Lipinski definition) is 1. The Hall–Kier alpha value is -3.77. The molecule has 36 heavy (non-hydrogen) atoms. The maximum atomic E-state index is 12.8. The monoisotopic (exact) mass is 505 g/mol. The number of fused-ring (bicyclic) bond motifs is 3. The summed E-state index contributed by atoms with van der Waals surface area (Å²) in [6, 6.07) is 5.57. The molecule has 0 spiro atoms. The molecule has 0 radical (unpaired) electrons. The Labute approximate surface area is 205 Å². The van der Waals surface area contributed by atoms with Gasteiger partial charge in [-0.25, -0.2) is 0 Å². The Morgan fingerprint density at radius 3 is 2.72 bits per heavy atom. The summed E-state index contributed by atoms with van der Waals surface area (Å²) in [5, 5.41) is 16.2. The van der Waals surface area contributed by atoms with E-state index >= 15 is 0 Å². The molecule has 1 aromatic carbocycles. The third kappa shape index (κ3) is 4.82. The van der Waals surface area contributed by atoms with E-state index in [2.05, 4.69) is 30.1 Å². The fraction of sp³-hybridized carbons (Fsp3) is 0.478. The van der Waals surface area contributed by atoms with Crippen LogP contribution in [-0.4, -0.2) is 71.9 Å². The number of likely N-dealkylation sites (N-methyl/N-ethyl adjacent to an activating group) is 1. The van der Waals surface area contributed by atoms with Crippen LogP contribution >= 0.6 is 0 Å². The van der Waals surface area contributed by atoms with Crippen LogP contribution in [0.1, 0.15) is 19.8 Å². The average Bonchev–Trinajstić information content (AvgIpc) is 3.26. The summed E-state index contributed by atoms with van der Waals surface area (Å²) in [6.07, 6.45) is -3.04. The molecular formula is C23H26F3N7O3. The summed E-state index contributed by atoms with van der Waals surface area (Å²) < 4.78 is 49.9. The van der Waals surface area contributed by atoms with Crippen molar-refractivity contribution in [3.05, 3.63) is 24.3 Å². The number of anilines is 2. The van der Waals surface area contributed by atoms with Gasteiger partial charge in [0.25, 0.3) is 0 Å². The summed E-state index contributed by atoms with van der Waals surface area (Å²) >= 11 is 0. The van der Waals surface area contributed by atoms with E-state index in [0.29, 0.717) is 48.4 Å². The van der Waals surface area contributed by atoms with Gasteiger partial charge in [0, 0.05) is 39.2 Å². The van der Waals surface area contributed by atoms with Crippen molar-refractivity contribution >= 4 is 23.1 Å². The summed E-state index contributed by atoms with van der Waals surface area (Å²) in [6.45, 7) is 4.75. The minimum Gasteiger partial charge on any atom is -0.486 e. The van der Waals surface area contributed by atoms with Crippen LogP contribution in [-0.2, 0) is 4.79 Å². The molecule has 1 saturated heterocycles. The van der Waals surface area contributed by atoms with Crippen molar-refractivity contribution < 1.29 is 27.4 Å². The van der Waals surface area contributed by atoms with Gasteiger partial charge in [0.2, 0.25) is 11.6 Å². The molecule has 0 bridgehead atoms. The molecule has 13 heteroatoms. The fourth-order valence-electron chi connectivity index (χ4n) is 4.60. The maximum absolute atomic E-state index is 12.8. The van der Waals surface area contributed by atoms with E-state index in [1.807, 2.05) is 7.05 Å². The van der Waals surface area contributed by atoms with Crippen molar-refractivity contribution in [3.8, 4) is 22.9 Å². The van der Waals surface area contributed by atoms with Crippen LogP contribution in [0.15, 0.2) is 24.3 Å². The Morgan fingerprint density at radius 2 is 2.00 bits per heavy atom. The highest BCUT2D eigenvalue weighted by Crippen LogP contribution is 2.42. The number of ether oxygens (including phenoxy) is 2. The number of carbonyl (C=O) groups is 1. The summed E-state index contributed by atoms with van der Waals surface area (Å²) in [5.41, 5.74) is 1.57. The lowest BCUT2D eigenvalue weighted by Gasteiger charge is -2.37. The lowest BCUT2D eigenvalue weighted by atomic mass is 9.96. The number of rotatable bonds is 5. The molecule has 1 fully saturated rings. The van der Waals surface area contributed by atoms with E-state index in [4.69, 9.17) is 9.84 Å². The topological polar surface area (TPSA) is 97.1 Å². The smallest absolute Gasteiger partial charge is 0.486 e. The SMILES string of the molecule is CC(=O)NCC1CCN(c2nn3c(-c4cccc(OC(F)(F)F)c4)nnc3c3c2N(C)CCO3)CC1.